The second-order valence-corrected chi connectivity index (χ2v) is 8.81. The predicted molar refractivity (Wildman–Crippen MR) is 103 cm³/mol. The molecule has 4 heteroatoms. The van der Waals surface area contributed by atoms with Crippen LogP contribution in [-0.2, 0) is 11.2 Å². The number of rotatable bonds is 1. The molecule has 4 unspecified atom stereocenters. The van der Waals surface area contributed by atoms with Crippen LogP contribution in [0.15, 0.2) is 18.2 Å². The van der Waals surface area contributed by atoms with Gasteiger partial charge in [0.2, 0.25) is 0 Å². The Morgan fingerprint density at radius 2 is 2.04 bits per heavy atom. The van der Waals surface area contributed by atoms with Gasteiger partial charge in [-0.3, -0.25) is 4.79 Å². The molecule has 0 heterocycles. The maximum absolute atomic E-state index is 12.4. The van der Waals surface area contributed by atoms with E-state index in [4.69, 9.17) is 17.0 Å². The van der Waals surface area contributed by atoms with Gasteiger partial charge in [-0.15, -0.1) is 0 Å². The van der Waals surface area contributed by atoms with Crippen LogP contribution in [-0.4, -0.2) is 30.0 Å². The fourth-order valence-corrected chi connectivity index (χ4v) is 5.68. The van der Waals surface area contributed by atoms with Crippen molar-refractivity contribution in [2.75, 3.05) is 14.1 Å². The first kappa shape index (κ1) is 17.0. The van der Waals surface area contributed by atoms with E-state index in [2.05, 4.69) is 25.1 Å². The van der Waals surface area contributed by atoms with Crippen molar-refractivity contribution in [1.82, 2.24) is 4.90 Å². The zero-order valence-electron chi connectivity index (χ0n) is 15.4. The molecule has 4 atom stereocenters. The summed E-state index contributed by atoms with van der Waals surface area (Å²) in [5.74, 6) is 3.23. The molecule has 0 amide bonds. The summed E-state index contributed by atoms with van der Waals surface area (Å²) in [7, 11) is 3.79. The highest BCUT2D eigenvalue weighted by Gasteiger charge is 2.54. The van der Waals surface area contributed by atoms with Gasteiger partial charge in [0.25, 0.3) is 5.17 Å². The Balaban J connectivity index is 1.59. The number of carbonyl (C=O) groups is 1. The lowest BCUT2D eigenvalue weighted by atomic mass is 9.55. The normalized spacial score (nSPS) is 33.2. The number of thiocarbonyl (C=S) groups is 1. The summed E-state index contributed by atoms with van der Waals surface area (Å²) in [5.41, 5.74) is 2.86. The zero-order chi connectivity index (χ0) is 17.8. The molecule has 3 nitrogen and oxygen atoms in total. The van der Waals surface area contributed by atoms with E-state index in [0.717, 1.165) is 37.9 Å². The second-order valence-electron chi connectivity index (χ2n) is 8.46. The molecule has 3 aliphatic carbocycles. The minimum Gasteiger partial charge on any atom is -0.432 e. The van der Waals surface area contributed by atoms with Crippen LogP contribution in [0.1, 0.15) is 56.1 Å². The van der Waals surface area contributed by atoms with Crippen molar-refractivity contribution in [3.63, 3.8) is 0 Å². The lowest BCUT2D eigenvalue weighted by Gasteiger charge is -2.48. The second kappa shape index (κ2) is 6.08. The van der Waals surface area contributed by atoms with Gasteiger partial charge in [-0.25, -0.2) is 0 Å². The number of benzene rings is 1. The number of hydrogen-bond acceptors (Lipinski definition) is 3. The smallest absolute Gasteiger partial charge is 0.264 e. The Kier molecular flexibility index (Phi) is 4.14. The number of ketones is 1. The number of aryl methyl sites for hydroxylation is 1. The molecule has 2 saturated carbocycles. The van der Waals surface area contributed by atoms with Gasteiger partial charge in [-0.05, 0) is 85.3 Å². The fraction of sp³-hybridized carbons (Fsp3) is 0.619. The van der Waals surface area contributed by atoms with Crippen LogP contribution >= 0.6 is 12.2 Å². The van der Waals surface area contributed by atoms with Crippen LogP contribution in [0, 0.1) is 17.3 Å². The van der Waals surface area contributed by atoms with Gasteiger partial charge in [-0.2, -0.15) is 0 Å². The molecule has 25 heavy (non-hydrogen) atoms. The van der Waals surface area contributed by atoms with Crippen molar-refractivity contribution >= 4 is 23.2 Å². The fourth-order valence-electron chi connectivity index (χ4n) is 5.59. The van der Waals surface area contributed by atoms with Crippen LogP contribution in [0.3, 0.4) is 0 Å². The van der Waals surface area contributed by atoms with Gasteiger partial charge < -0.3 is 9.64 Å². The molecule has 3 aliphatic rings. The predicted octanol–water partition coefficient (Wildman–Crippen LogP) is 4.34. The molecule has 0 bridgehead atoms. The molecule has 1 aromatic carbocycles. The highest BCUT2D eigenvalue weighted by molar-refractivity contribution is 7.80. The van der Waals surface area contributed by atoms with Gasteiger partial charge >= 0.3 is 0 Å². The molecule has 0 radical (unpaired) electrons. The van der Waals surface area contributed by atoms with Crippen molar-refractivity contribution in [2.24, 2.45) is 17.3 Å². The Hall–Kier alpha value is -1.42. The third-order valence-corrected chi connectivity index (χ3v) is 7.43. The summed E-state index contributed by atoms with van der Waals surface area (Å²) >= 11 is 5.25. The number of hydrogen-bond donors (Lipinski definition) is 0. The first-order valence-corrected chi connectivity index (χ1v) is 9.86. The van der Waals surface area contributed by atoms with Gasteiger partial charge in [-0.1, -0.05) is 13.0 Å². The number of carbonyl (C=O) groups excluding carboxylic acids is 1. The van der Waals surface area contributed by atoms with E-state index < -0.39 is 0 Å². The Morgan fingerprint density at radius 3 is 2.80 bits per heavy atom. The maximum atomic E-state index is 12.4. The van der Waals surface area contributed by atoms with E-state index >= 15 is 0 Å². The lowest BCUT2D eigenvalue weighted by molar-refractivity contribution is -0.129. The molecule has 4 rings (SSSR count). The van der Waals surface area contributed by atoms with Gasteiger partial charge in [0.1, 0.15) is 11.5 Å². The summed E-state index contributed by atoms with van der Waals surface area (Å²) in [6.07, 6.45) is 6.39. The van der Waals surface area contributed by atoms with Crippen LogP contribution in [0.25, 0.3) is 0 Å². The van der Waals surface area contributed by atoms with E-state index in [0.29, 0.717) is 28.7 Å². The van der Waals surface area contributed by atoms with E-state index in [-0.39, 0.29) is 5.41 Å². The third kappa shape index (κ3) is 2.69. The number of fused-ring (bicyclic) bond motifs is 5. The Bertz CT molecular complexity index is 729. The van der Waals surface area contributed by atoms with Gasteiger partial charge in [0.05, 0.1) is 0 Å². The monoisotopic (exact) mass is 357 g/mol. The van der Waals surface area contributed by atoms with Gasteiger partial charge in [0.15, 0.2) is 0 Å². The molecule has 0 N–H and O–H groups in total. The average Bonchev–Trinajstić information content (AvgIpc) is 2.89. The number of nitrogens with zero attached hydrogens (tertiary/aromatic N) is 1. The Labute approximate surface area is 155 Å². The van der Waals surface area contributed by atoms with Crippen molar-refractivity contribution in [3.05, 3.63) is 29.3 Å². The van der Waals surface area contributed by atoms with Crippen LogP contribution < -0.4 is 4.74 Å². The minimum absolute atomic E-state index is 0.0420. The van der Waals surface area contributed by atoms with Crippen molar-refractivity contribution < 1.29 is 9.53 Å². The van der Waals surface area contributed by atoms with Crippen LogP contribution in [0.4, 0.5) is 0 Å². The lowest BCUT2D eigenvalue weighted by Crippen LogP contribution is -2.42. The van der Waals surface area contributed by atoms with E-state index in [1.807, 2.05) is 19.0 Å². The molecule has 0 aromatic heterocycles. The molecule has 2 fully saturated rings. The van der Waals surface area contributed by atoms with Crippen molar-refractivity contribution in [3.8, 4) is 5.75 Å². The summed E-state index contributed by atoms with van der Waals surface area (Å²) in [5, 5.41) is 0.492. The zero-order valence-corrected chi connectivity index (χ0v) is 16.2. The van der Waals surface area contributed by atoms with Crippen LogP contribution in [0.5, 0.6) is 5.75 Å². The molecule has 1 aromatic rings. The molecule has 0 spiro atoms. The van der Waals surface area contributed by atoms with Crippen molar-refractivity contribution in [1.29, 1.82) is 0 Å². The summed E-state index contributed by atoms with van der Waals surface area (Å²) in [6.45, 7) is 2.23. The molecular weight excluding hydrogens is 330 g/mol. The summed E-state index contributed by atoms with van der Waals surface area (Å²) in [4.78, 5) is 14.2. The van der Waals surface area contributed by atoms with Gasteiger partial charge in [0, 0.05) is 25.9 Å². The quantitative estimate of drug-likeness (QED) is 0.700. The first-order chi connectivity index (χ1) is 11.9. The SMILES string of the molecule is CN(C)C(=S)Oc1ccc2c(c1)CCC1C2CCC2(C)C(=O)CCC12. The van der Waals surface area contributed by atoms with Crippen LogP contribution in [0.2, 0.25) is 0 Å². The summed E-state index contributed by atoms with van der Waals surface area (Å²) < 4.78 is 5.79. The topological polar surface area (TPSA) is 29.5 Å². The standard InChI is InChI=1S/C21H27NO2S/c1-21-11-10-16-15-7-5-14(24-20(25)22(2)3)12-13(15)4-6-17(16)18(21)8-9-19(21)23/h5,7,12,16-18H,4,6,8-11H2,1-3H3. The molecule has 0 aliphatic heterocycles. The number of ether oxygens (including phenoxy) is 1. The molecule has 0 saturated heterocycles. The summed E-state index contributed by atoms with van der Waals surface area (Å²) in [6, 6.07) is 6.48. The number of Topliss-reactive ketones (excluding diaryl/α,β-unsaturated/α-hetero) is 1. The van der Waals surface area contributed by atoms with E-state index in [1.54, 1.807) is 0 Å². The Morgan fingerprint density at radius 1 is 1.24 bits per heavy atom. The minimum atomic E-state index is -0.0420. The molecular formula is C21H27NO2S. The van der Waals surface area contributed by atoms with E-state index in [1.165, 1.54) is 17.5 Å². The highest BCUT2D eigenvalue weighted by Crippen LogP contribution is 2.59. The first-order valence-electron chi connectivity index (χ1n) is 9.45. The van der Waals surface area contributed by atoms with Crippen molar-refractivity contribution in [2.45, 2.75) is 51.4 Å². The molecule has 134 valence electrons. The van der Waals surface area contributed by atoms with E-state index in [9.17, 15) is 4.79 Å². The largest absolute Gasteiger partial charge is 0.432 e. The third-order valence-electron chi connectivity index (χ3n) is 6.98. The average molecular weight is 358 g/mol. The highest BCUT2D eigenvalue weighted by atomic mass is 32.1. The maximum Gasteiger partial charge on any atom is 0.264 e.